The minimum Gasteiger partial charge on any atom is -0.353 e. The molecule has 1 heterocycles. The van der Waals surface area contributed by atoms with Crippen LogP contribution in [0.25, 0.3) is 0 Å². The maximum absolute atomic E-state index is 12.0. The summed E-state index contributed by atoms with van der Waals surface area (Å²) in [5.74, 6) is 0.185. The fourth-order valence-corrected chi connectivity index (χ4v) is 3.50. The summed E-state index contributed by atoms with van der Waals surface area (Å²) in [5, 5.41) is 6.61. The number of carbonyl (C=O) groups is 1. The summed E-state index contributed by atoms with van der Waals surface area (Å²) in [6, 6.07) is 1.28. The van der Waals surface area contributed by atoms with E-state index < -0.39 is 0 Å². The van der Waals surface area contributed by atoms with Crippen molar-refractivity contribution in [2.75, 3.05) is 19.6 Å². The Hall–Kier alpha value is -0.610. The Bertz CT molecular complexity index is 309. The molecule has 0 aromatic heterocycles. The predicted octanol–water partition coefficient (Wildman–Crippen LogP) is 1.51. The van der Waals surface area contributed by atoms with Crippen molar-refractivity contribution in [3.8, 4) is 0 Å². The Morgan fingerprint density at radius 3 is 2.63 bits per heavy atom. The summed E-state index contributed by atoms with van der Waals surface area (Å²) in [7, 11) is 0. The first-order valence-corrected chi connectivity index (χ1v) is 7.84. The fourth-order valence-electron chi connectivity index (χ4n) is 3.50. The van der Waals surface area contributed by atoms with E-state index in [9.17, 15) is 4.79 Å². The number of amides is 1. The molecule has 1 aliphatic carbocycles. The standard InChI is InChI=1S/C15H29N3O/c1-4-9-16-12-5-7-13(8-6-12)18-11-10-17-14(19)15(18,2)3/h12-13,16H,4-11H2,1-3H3,(H,17,19). The molecule has 0 unspecified atom stereocenters. The number of hydrogen-bond donors (Lipinski definition) is 2. The number of piperazine rings is 1. The van der Waals surface area contributed by atoms with Gasteiger partial charge in [0, 0.05) is 25.2 Å². The van der Waals surface area contributed by atoms with E-state index in [4.69, 9.17) is 0 Å². The summed E-state index contributed by atoms with van der Waals surface area (Å²) in [5.41, 5.74) is -0.341. The van der Waals surface area contributed by atoms with Gasteiger partial charge in [0.2, 0.25) is 5.91 Å². The molecule has 1 saturated carbocycles. The van der Waals surface area contributed by atoms with Crippen LogP contribution in [0.15, 0.2) is 0 Å². The van der Waals surface area contributed by atoms with Gasteiger partial charge >= 0.3 is 0 Å². The van der Waals surface area contributed by atoms with Crippen LogP contribution in [0, 0.1) is 0 Å². The lowest BCUT2D eigenvalue weighted by atomic mass is 9.86. The van der Waals surface area contributed by atoms with Crippen molar-refractivity contribution < 1.29 is 4.79 Å². The first kappa shape index (κ1) is 14.8. The molecule has 2 rings (SSSR count). The fraction of sp³-hybridized carbons (Fsp3) is 0.933. The molecular weight excluding hydrogens is 238 g/mol. The van der Waals surface area contributed by atoms with Crippen molar-refractivity contribution in [3.63, 3.8) is 0 Å². The monoisotopic (exact) mass is 267 g/mol. The maximum Gasteiger partial charge on any atom is 0.240 e. The van der Waals surface area contributed by atoms with Crippen molar-refractivity contribution >= 4 is 5.91 Å². The molecule has 1 amide bonds. The smallest absolute Gasteiger partial charge is 0.240 e. The summed E-state index contributed by atoms with van der Waals surface area (Å²) >= 11 is 0. The van der Waals surface area contributed by atoms with Gasteiger partial charge in [0.25, 0.3) is 0 Å². The molecule has 0 radical (unpaired) electrons. The number of hydrogen-bond acceptors (Lipinski definition) is 3. The average Bonchev–Trinajstić information content (AvgIpc) is 2.40. The second kappa shape index (κ2) is 6.23. The maximum atomic E-state index is 12.0. The van der Waals surface area contributed by atoms with Crippen LogP contribution in [0.1, 0.15) is 52.9 Å². The highest BCUT2D eigenvalue weighted by atomic mass is 16.2. The molecule has 0 bridgehead atoms. The normalized spacial score (nSPS) is 32.1. The molecule has 2 N–H and O–H groups in total. The molecule has 2 fully saturated rings. The van der Waals surface area contributed by atoms with Crippen LogP contribution in [0.3, 0.4) is 0 Å². The van der Waals surface area contributed by atoms with E-state index in [1.807, 2.05) is 0 Å². The minimum atomic E-state index is -0.341. The largest absolute Gasteiger partial charge is 0.353 e. The van der Waals surface area contributed by atoms with Crippen LogP contribution in [0.2, 0.25) is 0 Å². The molecule has 0 atom stereocenters. The summed E-state index contributed by atoms with van der Waals surface area (Å²) in [6.45, 7) is 9.26. The van der Waals surface area contributed by atoms with Gasteiger partial charge in [-0.25, -0.2) is 0 Å². The Morgan fingerprint density at radius 1 is 1.32 bits per heavy atom. The lowest BCUT2D eigenvalue weighted by Crippen LogP contribution is -2.65. The summed E-state index contributed by atoms with van der Waals surface area (Å²) in [4.78, 5) is 14.4. The minimum absolute atomic E-state index is 0.185. The van der Waals surface area contributed by atoms with Gasteiger partial charge in [-0.2, -0.15) is 0 Å². The van der Waals surface area contributed by atoms with Crippen molar-refractivity contribution in [2.24, 2.45) is 0 Å². The molecule has 0 aromatic rings. The van der Waals surface area contributed by atoms with Gasteiger partial charge in [0.1, 0.15) is 0 Å². The van der Waals surface area contributed by atoms with E-state index in [-0.39, 0.29) is 11.4 Å². The average molecular weight is 267 g/mol. The zero-order valence-corrected chi connectivity index (χ0v) is 12.7. The van der Waals surface area contributed by atoms with Gasteiger partial charge in [-0.15, -0.1) is 0 Å². The molecule has 4 heteroatoms. The first-order valence-electron chi connectivity index (χ1n) is 7.84. The molecular formula is C15H29N3O. The van der Waals surface area contributed by atoms with E-state index in [2.05, 4.69) is 36.3 Å². The second-order valence-corrected chi connectivity index (χ2v) is 6.47. The van der Waals surface area contributed by atoms with Crippen molar-refractivity contribution in [2.45, 2.75) is 70.5 Å². The number of carbonyl (C=O) groups excluding carboxylic acids is 1. The van der Waals surface area contributed by atoms with Gasteiger partial charge in [-0.05, 0) is 52.5 Å². The third-order valence-corrected chi connectivity index (χ3v) is 4.73. The van der Waals surface area contributed by atoms with Gasteiger partial charge in [-0.3, -0.25) is 9.69 Å². The third-order valence-electron chi connectivity index (χ3n) is 4.73. The van der Waals surface area contributed by atoms with Crippen molar-refractivity contribution in [1.29, 1.82) is 0 Å². The second-order valence-electron chi connectivity index (χ2n) is 6.47. The Kier molecular flexibility index (Phi) is 4.85. The Balaban J connectivity index is 1.88. The van der Waals surface area contributed by atoms with E-state index in [1.54, 1.807) is 0 Å². The topological polar surface area (TPSA) is 44.4 Å². The van der Waals surface area contributed by atoms with Crippen LogP contribution < -0.4 is 10.6 Å². The molecule has 1 saturated heterocycles. The zero-order valence-electron chi connectivity index (χ0n) is 12.7. The predicted molar refractivity (Wildman–Crippen MR) is 78.1 cm³/mol. The SMILES string of the molecule is CCCNC1CCC(N2CCNC(=O)C2(C)C)CC1. The number of nitrogens with one attached hydrogen (secondary N) is 2. The van der Waals surface area contributed by atoms with E-state index in [0.717, 1.165) is 19.6 Å². The highest BCUT2D eigenvalue weighted by Gasteiger charge is 2.41. The van der Waals surface area contributed by atoms with E-state index in [0.29, 0.717) is 12.1 Å². The first-order chi connectivity index (χ1) is 9.05. The Labute approximate surface area is 117 Å². The quantitative estimate of drug-likeness (QED) is 0.811. The molecule has 0 spiro atoms. The van der Waals surface area contributed by atoms with Gasteiger partial charge < -0.3 is 10.6 Å². The van der Waals surface area contributed by atoms with Crippen molar-refractivity contribution in [1.82, 2.24) is 15.5 Å². The van der Waals surface area contributed by atoms with Crippen LogP contribution in [0.4, 0.5) is 0 Å². The highest BCUT2D eigenvalue weighted by Crippen LogP contribution is 2.29. The lowest BCUT2D eigenvalue weighted by molar-refractivity contribution is -0.137. The van der Waals surface area contributed by atoms with Crippen LogP contribution in [-0.4, -0.2) is 48.1 Å². The summed E-state index contributed by atoms with van der Waals surface area (Å²) < 4.78 is 0. The molecule has 1 aliphatic heterocycles. The van der Waals surface area contributed by atoms with Crippen LogP contribution >= 0.6 is 0 Å². The summed E-state index contributed by atoms with van der Waals surface area (Å²) in [6.07, 6.45) is 6.15. The molecule has 0 aromatic carbocycles. The molecule has 2 aliphatic rings. The van der Waals surface area contributed by atoms with Crippen LogP contribution in [-0.2, 0) is 4.79 Å². The number of nitrogens with zero attached hydrogens (tertiary/aromatic N) is 1. The van der Waals surface area contributed by atoms with Crippen LogP contribution in [0.5, 0.6) is 0 Å². The van der Waals surface area contributed by atoms with Gasteiger partial charge in [-0.1, -0.05) is 6.92 Å². The van der Waals surface area contributed by atoms with Gasteiger partial charge in [0.15, 0.2) is 0 Å². The lowest BCUT2D eigenvalue weighted by Gasteiger charge is -2.47. The highest BCUT2D eigenvalue weighted by molar-refractivity contribution is 5.86. The molecule has 4 nitrogen and oxygen atoms in total. The number of rotatable bonds is 4. The molecule has 19 heavy (non-hydrogen) atoms. The van der Waals surface area contributed by atoms with Gasteiger partial charge in [0.05, 0.1) is 5.54 Å². The Morgan fingerprint density at radius 2 is 2.00 bits per heavy atom. The molecule has 110 valence electrons. The van der Waals surface area contributed by atoms with E-state index in [1.165, 1.54) is 32.1 Å². The zero-order chi connectivity index (χ0) is 13.9. The third kappa shape index (κ3) is 3.29. The van der Waals surface area contributed by atoms with E-state index >= 15 is 0 Å². The van der Waals surface area contributed by atoms with Crippen molar-refractivity contribution in [3.05, 3.63) is 0 Å².